The summed E-state index contributed by atoms with van der Waals surface area (Å²) in [6.45, 7) is 3.18. The van der Waals surface area contributed by atoms with Gasteiger partial charge in [0.05, 0.1) is 12.7 Å². The van der Waals surface area contributed by atoms with E-state index in [1.807, 2.05) is 19.1 Å². The Balaban J connectivity index is 1.47. The zero-order valence-corrected chi connectivity index (χ0v) is 15.6. The highest BCUT2D eigenvalue weighted by molar-refractivity contribution is 7.89. The molecule has 3 rings (SSSR count). The largest absolute Gasteiger partial charge is 0.465 e. The van der Waals surface area contributed by atoms with Crippen LogP contribution in [0.25, 0.3) is 0 Å². The van der Waals surface area contributed by atoms with E-state index in [-0.39, 0.29) is 16.7 Å². The van der Waals surface area contributed by atoms with Gasteiger partial charge in [-0.2, -0.15) is 9.40 Å². The molecule has 0 unspecified atom stereocenters. The van der Waals surface area contributed by atoms with E-state index < -0.39 is 10.0 Å². The van der Waals surface area contributed by atoms with E-state index in [2.05, 4.69) is 15.5 Å². The Bertz CT molecular complexity index is 829. The van der Waals surface area contributed by atoms with Crippen molar-refractivity contribution in [3.63, 3.8) is 0 Å². The molecule has 0 aliphatic carbocycles. The molecular weight excluding hydrogens is 356 g/mol. The number of hydrogen-bond acceptors (Lipinski definition) is 5. The summed E-state index contributed by atoms with van der Waals surface area (Å²) in [5.74, 6) is 1.68. The van der Waals surface area contributed by atoms with Crippen LogP contribution in [0, 0.1) is 12.8 Å². The number of carbonyl (C=O) groups is 1. The predicted octanol–water partition coefficient (Wildman–Crippen LogP) is 1.81. The lowest BCUT2D eigenvalue weighted by atomic mass is 9.94. The average molecular weight is 380 g/mol. The SMILES string of the molecule is Cc1ccc(CNC(=O)CC[C@@H]2CCCN(S(=O)(=O)c3cn[nH]c3)C2)o1. The summed E-state index contributed by atoms with van der Waals surface area (Å²) >= 11 is 0. The first-order chi connectivity index (χ1) is 12.4. The van der Waals surface area contributed by atoms with Crippen molar-refractivity contribution in [1.82, 2.24) is 19.8 Å². The van der Waals surface area contributed by atoms with Gasteiger partial charge in [-0.3, -0.25) is 9.89 Å². The minimum absolute atomic E-state index is 0.0473. The fraction of sp³-hybridized carbons (Fsp3) is 0.529. The molecule has 26 heavy (non-hydrogen) atoms. The molecule has 2 aromatic heterocycles. The molecule has 1 amide bonds. The van der Waals surface area contributed by atoms with Gasteiger partial charge in [-0.15, -0.1) is 0 Å². The number of aromatic amines is 1. The van der Waals surface area contributed by atoms with Gasteiger partial charge in [0.1, 0.15) is 16.4 Å². The number of nitrogens with zero attached hydrogens (tertiary/aromatic N) is 2. The summed E-state index contributed by atoms with van der Waals surface area (Å²) in [5, 5.41) is 9.09. The summed E-state index contributed by atoms with van der Waals surface area (Å²) in [6, 6.07) is 3.70. The van der Waals surface area contributed by atoms with Crippen molar-refractivity contribution in [3.05, 3.63) is 36.0 Å². The minimum Gasteiger partial charge on any atom is -0.465 e. The van der Waals surface area contributed by atoms with Gasteiger partial charge in [-0.25, -0.2) is 8.42 Å². The number of furan rings is 1. The summed E-state index contributed by atoms with van der Waals surface area (Å²) in [5.41, 5.74) is 0. The maximum Gasteiger partial charge on any atom is 0.246 e. The molecular formula is C17H24N4O4S. The molecule has 0 saturated carbocycles. The van der Waals surface area contributed by atoms with Crippen molar-refractivity contribution in [3.8, 4) is 0 Å². The van der Waals surface area contributed by atoms with Crippen molar-refractivity contribution >= 4 is 15.9 Å². The van der Waals surface area contributed by atoms with Gasteiger partial charge in [0.25, 0.3) is 0 Å². The van der Waals surface area contributed by atoms with Gasteiger partial charge < -0.3 is 9.73 Å². The lowest BCUT2D eigenvalue weighted by Gasteiger charge is -2.31. The number of aryl methyl sites for hydroxylation is 1. The fourth-order valence-corrected chi connectivity index (χ4v) is 4.66. The van der Waals surface area contributed by atoms with Crippen molar-refractivity contribution in [2.45, 2.75) is 44.0 Å². The maximum absolute atomic E-state index is 12.6. The van der Waals surface area contributed by atoms with Crippen LogP contribution in [0.15, 0.2) is 33.8 Å². The molecule has 0 spiro atoms. The number of rotatable bonds is 7. The molecule has 142 valence electrons. The van der Waals surface area contributed by atoms with Crippen LogP contribution in [0.5, 0.6) is 0 Å². The predicted molar refractivity (Wildman–Crippen MR) is 94.6 cm³/mol. The van der Waals surface area contributed by atoms with E-state index in [4.69, 9.17) is 4.42 Å². The van der Waals surface area contributed by atoms with E-state index in [1.165, 1.54) is 16.7 Å². The second-order valence-electron chi connectivity index (χ2n) is 6.63. The molecule has 2 aromatic rings. The molecule has 3 heterocycles. The lowest BCUT2D eigenvalue weighted by Crippen LogP contribution is -2.40. The third-order valence-corrected chi connectivity index (χ3v) is 6.46. The van der Waals surface area contributed by atoms with Crippen LogP contribution in [0.1, 0.15) is 37.2 Å². The second-order valence-corrected chi connectivity index (χ2v) is 8.57. The van der Waals surface area contributed by atoms with Gasteiger partial charge in [-0.1, -0.05) is 0 Å². The highest BCUT2D eigenvalue weighted by Gasteiger charge is 2.30. The van der Waals surface area contributed by atoms with Gasteiger partial charge in [0, 0.05) is 25.7 Å². The molecule has 1 saturated heterocycles. The number of piperidine rings is 1. The van der Waals surface area contributed by atoms with Gasteiger partial charge >= 0.3 is 0 Å². The van der Waals surface area contributed by atoms with Crippen molar-refractivity contribution in [2.75, 3.05) is 13.1 Å². The Kier molecular flexibility index (Phi) is 5.77. The first kappa shape index (κ1) is 18.7. The zero-order chi connectivity index (χ0) is 18.6. The number of hydrogen-bond donors (Lipinski definition) is 2. The summed E-state index contributed by atoms with van der Waals surface area (Å²) in [4.78, 5) is 12.2. The quantitative estimate of drug-likeness (QED) is 0.761. The van der Waals surface area contributed by atoms with Crippen molar-refractivity contribution in [1.29, 1.82) is 0 Å². The van der Waals surface area contributed by atoms with Crippen LogP contribution in [0.2, 0.25) is 0 Å². The Morgan fingerprint density at radius 1 is 1.46 bits per heavy atom. The summed E-state index contributed by atoms with van der Waals surface area (Å²) in [7, 11) is -3.51. The van der Waals surface area contributed by atoms with E-state index in [9.17, 15) is 13.2 Å². The molecule has 0 bridgehead atoms. The Hall–Kier alpha value is -2.13. The van der Waals surface area contributed by atoms with Crippen LogP contribution in [-0.4, -0.2) is 41.9 Å². The van der Waals surface area contributed by atoms with Crippen molar-refractivity contribution in [2.24, 2.45) is 5.92 Å². The number of aromatic nitrogens is 2. The normalized spacial score (nSPS) is 18.7. The zero-order valence-electron chi connectivity index (χ0n) is 14.8. The molecule has 1 aliphatic rings. The van der Waals surface area contributed by atoms with E-state index >= 15 is 0 Å². The molecule has 8 nitrogen and oxygen atoms in total. The highest BCUT2D eigenvalue weighted by atomic mass is 32.2. The van der Waals surface area contributed by atoms with Crippen molar-refractivity contribution < 1.29 is 17.6 Å². The first-order valence-corrected chi connectivity index (χ1v) is 10.2. The number of carbonyl (C=O) groups excluding carboxylic acids is 1. The lowest BCUT2D eigenvalue weighted by molar-refractivity contribution is -0.121. The average Bonchev–Trinajstić information content (AvgIpc) is 3.30. The Morgan fingerprint density at radius 3 is 3.00 bits per heavy atom. The van der Waals surface area contributed by atoms with Gasteiger partial charge in [-0.05, 0) is 44.2 Å². The number of H-pyrrole nitrogens is 1. The first-order valence-electron chi connectivity index (χ1n) is 8.76. The van der Waals surface area contributed by atoms with E-state index in [1.54, 1.807) is 0 Å². The Labute approximate surface area is 153 Å². The number of nitrogens with one attached hydrogen (secondary N) is 2. The van der Waals surface area contributed by atoms with Crippen LogP contribution in [-0.2, 0) is 21.4 Å². The van der Waals surface area contributed by atoms with Crippen LogP contribution in [0.3, 0.4) is 0 Å². The maximum atomic E-state index is 12.6. The van der Waals surface area contributed by atoms with Crippen LogP contribution in [0.4, 0.5) is 0 Å². The molecule has 1 aliphatic heterocycles. The van der Waals surface area contributed by atoms with Crippen LogP contribution >= 0.6 is 0 Å². The van der Waals surface area contributed by atoms with E-state index in [0.29, 0.717) is 32.5 Å². The van der Waals surface area contributed by atoms with Gasteiger partial charge in [0.2, 0.25) is 15.9 Å². The molecule has 2 N–H and O–H groups in total. The van der Waals surface area contributed by atoms with Crippen LogP contribution < -0.4 is 5.32 Å². The monoisotopic (exact) mass is 380 g/mol. The molecule has 1 fully saturated rings. The minimum atomic E-state index is -3.51. The topological polar surface area (TPSA) is 108 Å². The van der Waals surface area contributed by atoms with E-state index in [0.717, 1.165) is 24.4 Å². The second kappa shape index (κ2) is 8.05. The third kappa shape index (κ3) is 4.53. The summed E-state index contributed by atoms with van der Waals surface area (Å²) in [6.07, 6.45) is 5.49. The highest BCUT2D eigenvalue weighted by Crippen LogP contribution is 2.25. The molecule has 9 heteroatoms. The van der Waals surface area contributed by atoms with Gasteiger partial charge in [0.15, 0.2) is 0 Å². The number of amides is 1. The third-order valence-electron chi connectivity index (χ3n) is 4.63. The molecule has 1 atom stereocenters. The molecule has 0 radical (unpaired) electrons. The summed E-state index contributed by atoms with van der Waals surface area (Å²) < 4.78 is 32.1. The Morgan fingerprint density at radius 2 is 2.31 bits per heavy atom. The molecule has 0 aromatic carbocycles. The standard InChI is InChI=1S/C17H24N4O4S/c1-13-4-6-15(25-13)9-18-17(22)7-5-14-3-2-8-21(12-14)26(23,24)16-10-19-20-11-16/h4,6,10-11,14H,2-3,5,7-9,12H2,1H3,(H,18,22)(H,19,20)/t14-/m0/s1. The number of sulfonamides is 1. The fourth-order valence-electron chi connectivity index (χ4n) is 3.20. The smallest absolute Gasteiger partial charge is 0.246 e.